The summed E-state index contributed by atoms with van der Waals surface area (Å²) in [5.41, 5.74) is 1.97. The Balaban J connectivity index is 1.47. The van der Waals surface area contributed by atoms with Crippen LogP contribution in [0.25, 0.3) is 6.08 Å². The van der Waals surface area contributed by atoms with E-state index in [4.69, 9.17) is 4.74 Å². The van der Waals surface area contributed by atoms with Gasteiger partial charge in [-0.15, -0.1) is 0 Å². The maximum atomic E-state index is 12.3. The number of piperidine rings is 1. The number of sulfonamides is 1. The fourth-order valence-corrected chi connectivity index (χ4v) is 5.08. The third-order valence-electron chi connectivity index (χ3n) is 5.19. The van der Waals surface area contributed by atoms with E-state index in [2.05, 4.69) is 5.32 Å². The lowest BCUT2D eigenvalue weighted by Crippen LogP contribution is -2.46. The van der Waals surface area contributed by atoms with Gasteiger partial charge in [0.2, 0.25) is 15.9 Å². The molecule has 1 fully saturated rings. The zero-order chi connectivity index (χ0) is 22.1. The monoisotopic (exact) mass is 442 g/mol. The van der Waals surface area contributed by atoms with Gasteiger partial charge < -0.3 is 10.1 Å². The molecule has 1 saturated heterocycles. The Bertz CT molecular complexity index is 982. The second-order valence-corrected chi connectivity index (χ2v) is 9.77. The number of nitrogens with zero attached hydrogens (tertiary/aromatic N) is 1. The van der Waals surface area contributed by atoms with Gasteiger partial charge >= 0.3 is 0 Å². The Kier molecular flexibility index (Phi) is 8.26. The minimum atomic E-state index is -3.16. The van der Waals surface area contributed by atoms with Crippen molar-refractivity contribution in [1.82, 2.24) is 9.62 Å². The zero-order valence-electron chi connectivity index (χ0n) is 17.9. The van der Waals surface area contributed by atoms with E-state index >= 15 is 0 Å². The molecule has 31 heavy (non-hydrogen) atoms. The first kappa shape index (κ1) is 23.0. The quantitative estimate of drug-likeness (QED) is 0.602. The van der Waals surface area contributed by atoms with Gasteiger partial charge in [-0.3, -0.25) is 4.79 Å². The molecule has 0 unspecified atom stereocenters. The van der Waals surface area contributed by atoms with Gasteiger partial charge in [0.05, 0.1) is 5.75 Å². The number of hydrogen-bond acceptors (Lipinski definition) is 4. The molecule has 0 bridgehead atoms. The van der Waals surface area contributed by atoms with Crippen LogP contribution in [-0.2, 0) is 21.4 Å². The number of nitrogens with one attached hydrogen (secondary N) is 1. The Morgan fingerprint density at radius 2 is 1.87 bits per heavy atom. The Hall–Kier alpha value is -2.64. The molecule has 166 valence electrons. The van der Waals surface area contributed by atoms with E-state index in [-0.39, 0.29) is 17.7 Å². The van der Waals surface area contributed by atoms with E-state index in [1.807, 2.05) is 61.5 Å². The number of hydrogen-bond donors (Lipinski definition) is 1. The van der Waals surface area contributed by atoms with E-state index in [0.717, 1.165) is 16.9 Å². The molecule has 0 aromatic heterocycles. The van der Waals surface area contributed by atoms with Crippen molar-refractivity contribution in [3.63, 3.8) is 0 Å². The molecule has 2 aromatic rings. The molecule has 2 aromatic carbocycles. The first-order valence-electron chi connectivity index (χ1n) is 10.7. The SMILES string of the molecule is CCCS(=O)(=O)N1CCC(NC(=O)/C=C/c2cccc(OCc3ccccc3)c2)CC1. The summed E-state index contributed by atoms with van der Waals surface area (Å²) < 4.78 is 31.7. The highest BCUT2D eigenvalue weighted by Gasteiger charge is 2.27. The van der Waals surface area contributed by atoms with E-state index in [9.17, 15) is 13.2 Å². The van der Waals surface area contributed by atoms with Crippen LogP contribution in [0.1, 0.15) is 37.3 Å². The molecule has 0 spiro atoms. The van der Waals surface area contributed by atoms with Gasteiger partial charge in [0.25, 0.3) is 0 Å². The first-order chi connectivity index (χ1) is 15.0. The van der Waals surface area contributed by atoms with Crippen molar-refractivity contribution in [3.05, 3.63) is 71.8 Å². The molecule has 6 nitrogen and oxygen atoms in total. The Morgan fingerprint density at radius 1 is 1.13 bits per heavy atom. The Labute approximate surface area is 185 Å². The summed E-state index contributed by atoms with van der Waals surface area (Å²) in [6, 6.07) is 17.5. The second kappa shape index (κ2) is 11.1. The predicted octanol–water partition coefficient (Wildman–Crippen LogP) is 3.60. The van der Waals surface area contributed by atoms with Crippen molar-refractivity contribution >= 4 is 22.0 Å². The van der Waals surface area contributed by atoms with Crippen molar-refractivity contribution < 1.29 is 17.9 Å². The summed E-state index contributed by atoms with van der Waals surface area (Å²) in [7, 11) is -3.16. The molecule has 0 aliphatic carbocycles. The van der Waals surface area contributed by atoms with E-state index in [1.165, 1.54) is 10.4 Å². The molecular weight excluding hydrogens is 412 g/mol. The van der Waals surface area contributed by atoms with Crippen molar-refractivity contribution in [1.29, 1.82) is 0 Å². The highest BCUT2D eigenvalue weighted by molar-refractivity contribution is 7.89. The molecule has 0 atom stereocenters. The standard InChI is InChI=1S/C24H30N2O4S/c1-2-17-31(28,29)26-15-13-22(14-16-26)25-24(27)12-11-20-9-6-10-23(18-20)30-19-21-7-4-3-5-8-21/h3-12,18,22H,2,13-17,19H2,1H3,(H,25,27)/b12-11+. The topological polar surface area (TPSA) is 75.7 Å². The second-order valence-electron chi connectivity index (χ2n) is 7.68. The molecular formula is C24H30N2O4S. The van der Waals surface area contributed by atoms with E-state index < -0.39 is 10.0 Å². The van der Waals surface area contributed by atoms with Crippen molar-refractivity contribution in [2.45, 2.75) is 38.8 Å². The minimum absolute atomic E-state index is 0.00855. The lowest BCUT2D eigenvalue weighted by Gasteiger charge is -2.31. The number of carbonyl (C=O) groups is 1. The van der Waals surface area contributed by atoms with Crippen LogP contribution >= 0.6 is 0 Å². The molecule has 7 heteroatoms. The maximum absolute atomic E-state index is 12.3. The zero-order valence-corrected chi connectivity index (χ0v) is 18.7. The summed E-state index contributed by atoms with van der Waals surface area (Å²) >= 11 is 0. The van der Waals surface area contributed by atoms with E-state index in [0.29, 0.717) is 39.0 Å². The van der Waals surface area contributed by atoms with Gasteiger partial charge in [-0.1, -0.05) is 49.4 Å². The molecule has 3 rings (SSSR count). The van der Waals surface area contributed by atoms with Crippen LogP contribution in [0.4, 0.5) is 0 Å². The molecule has 0 radical (unpaired) electrons. The van der Waals surface area contributed by atoms with Gasteiger partial charge in [-0.2, -0.15) is 0 Å². The molecule has 1 aliphatic heterocycles. The number of benzene rings is 2. The fraction of sp³-hybridized carbons (Fsp3) is 0.375. The minimum Gasteiger partial charge on any atom is -0.489 e. The third kappa shape index (κ3) is 7.22. The van der Waals surface area contributed by atoms with Crippen LogP contribution in [0, 0.1) is 0 Å². The van der Waals surface area contributed by atoms with Crippen molar-refractivity contribution in [2.24, 2.45) is 0 Å². The van der Waals surface area contributed by atoms with Crippen LogP contribution in [0.2, 0.25) is 0 Å². The van der Waals surface area contributed by atoms with Gasteiger partial charge in [-0.05, 0) is 48.6 Å². The van der Waals surface area contributed by atoms with Gasteiger partial charge in [0.15, 0.2) is 0 Å². The highest BCUT2D eigenvalue weighted by atomic mass is 32.2. The summed E-state index contributed by atoms with van der Waals surface area (Å²) in [6.07, 6.45) is 5.14. The van der Waals surface area contributed by atoms with Gasteiger partial charge in [0.1, 0.15) is 12.4 Å². The van der Waals surface area contributed by atoms with Gasteiger partial charge in [-0.25, -0.2) is 12.7 Å². The normalized spacial score (nSPS) is 15.8. The largest absolute Gasteiger partial charge is 0.489 e. The molecule has 1 amide bonds. The summed E-state index contributed by atoms with van der Waals surface area (Å²) in [4.78, 5) is 12.3. The number of carbonyl (C=O) groups excluding carboxylic acids is 1. The lowest BCUT2D eigenvalue weighted by atomic mass is 10.1. The summed E-state index contributed by atoms with van der Waals surface area (Å²) in [6.45, 7) is 3.26. The molecule has 1 N–H and O–H groups in total. The molecule has 1 aliphatic rings. The summed E-state index contributed by atoms with van der Waals surface area (Å²) in [5, 5.41) is 2.98. The van der Waals surface area contributed by atoms with E-state index in [1.54, 1.807) is 6.08 Å². The van der Waals surface area contributed by atoms with Crippen LogP contribution in [-0.4, -0.2) is 43.5 Å². The number of amides is 1. The maximum Gasteiger partial charge on any atom is 0.244 e. The smallest absolute Gasteiger partial charge is 0.244 e. The average molecular weight is 443 g/mol. The van der Waals surface area contributed by atoms with Crippen LogP contribution in [0.3, 0.4) is 0 Å². The predicted molar refractivity (Wildman–Crippen MR) is 123 cm³/mol. The van der Waals surface area contributed by atoms with Crippen molar-refractivity contribution in [2.75, 3.05) is 18.8 Å². The average Bonchev–Trinajstić information content (AvgIpc) is 2.78. The van der Waals surface area contributed by atoms with Crippen molar-refractivity contribution in [3.8, 4) is 5.75 Å². The number of rotatable bonds is 9. The summed E-state index contributed by atoms with van der Waals surface area (Å²) in [5.74, 6) is 0.749. The van der Waals surface area contributed by atoms with Crippen LogP contribution in [0.5, 0.6) is 5.75 Å². The van der Waals surface area contributed by atoms with Crippen LogP contribution in [0.15, 0.2) is 60.7 Å². The number of ether oxygens (including phenoxy) is 1. The first-order valence-corrected chi connectivity index (χ1v) is 12.3. The Morgan fingerprint density at radius 3 is 2.58 bits per heavy atom. The third-order valence-corrected chi connectivity index (χ3v) is 7.27. The van der Waals surface area contributed by atoms with Gasteiger partial charge in [0, 0.05) is 25.2 Å². The molecule has 1 heterocycles. The molecule has 0 saturated carbocycles. The highest BCUT2D eigenvalue weighted by Crippen LogP contribution is 2.17. The fourth-order valence-electron chi connectivity index (χ4n) is 3.54. The lowest BCUT2D eigenvalue weighted by molar-refractivity contribution is -0.117. The van der Waals surface area contributed by atoms with Crippen LogP contribution < -0.4 is 10.1 Å².